The van der Waals surface area contributed by atoms with Crippen molar-refractivity contribution in [3.8, 4) is 0 Å². The molecular formula is C16H26N4O3. The van der Waals surface area contributed by atoms with Crippen molar-refractivity contribution in [2.45, 2.75) is 32.4 Å². The van der Waals surface area contributed by atoms with Gasteiger partial charge >= 0.3 is 6.09 Å². The van der Waals surface area contributed by atoms with Crippen molar-refractivity contribution in [3.63, 3.8) is 0 Å². The average molecular weight is 322 g/mol. The van der Waals surface area contributed by atoms with Crippen LogP contribution in [0.25, 0.3) is 0 Å². The fraction of sp³-hybridized carbons (Fsp3) is 0.750. The van der Waals surface area contributed by atoms with Gasteiger partial charge in [0.15, 0.2) is 0 Å². The van der Waals surface area contributed by atoms with Crippen LogP contribution in [0.5, 0.6) is 0 Å². The summed E-state index contributed by atoms with van der Waals surface area (Å²) in [5, 5.41) is 4.01. The first kappa shape index (κ1) is 16.3. The first-order chi connectivity index (χ1) is 11.3. The first-order valence-electron chi connectivity index (χ1n) is 8.53. The molecule has 0 saturated carbocycles. The molecule has 0 bridgehead atoms. The predicted molar refractivity (Wildman–Crippen MR) is 85.0 cm³/mol. The molecule has 0 spiro atoms. The quantitative estimate of drug-likeness (QED) is 0.835. The van der Waals surface area contributed by atoms with Gasteiger partial charge in [-0.1, -0.05) is 5.16 Å². The minimum absolute atomic E-state index is 0.177. The molecular weight excluding hydrogens is 296 g/mol. The number of carbonyl (C=O) groups is 1. The molecule has 2 saturated heterocycles. The standard InChI is InChI=1S/C16H26N4O3/c1-2-22-16(21)20-9-7-19(8-10-20)15-4-3-6-18(13-15)12-14-5-11-23-17-14/h5,11,15H,2-4,6-10,12-13H2,1H3/t15-/m0/s1. The molecule has 2 aliphatic rings. The van der Waals surface area contributed by atoms with Crippen molar-refractivity contribution in [2.24, 2.45) is 0 Å². The summed E-state index contributed by atoms with van der Waals surface area (Å²) in [5.74, 6) is 0. The highest BCUT2D eigenvalue weighted by Gasteiger charge is 2.29. The van der Waals surface area contributed by atoms with Crippen LogP contribution < -0.4 is 0 Å². The maximum Gasteiger partial charge on any atom is 0.409 e. The van der Waals surface area contributed by atoms with Crippen molar-refractivity contribution in [3.05, 3.63) is 18.0 Å². The summed E-state index contributed by atoms with van der Waals surface area (Å²) in [5.41, 5.74) is 0.998. The van der Waals surface area contributed by atoms with Gasteiger partial charge in [-0.05, 0) is 26.3 Å². The zero-order valence-corrected chi connectivity index (χ0v) is 13.8. The number of likely N-dealkylation sites (tertiary alicyclic amines) is 1. The van der Waals surface area contributed by atoms with Crippen LogP contribution in [0.3, 0.4) is 0 Å². The molecule has 128 valence electrons. The summed E-state index contributed by atoms with van der Waals surface area (Å²) in [6, 6.07) is 2.50. The predicted octanol–water partition coefficient (Wildman–Crippen LogP) is 1.41. The Morgan fingerprint density at radius 2 is 2.17 bits per heavy atom. The summed E-state index contributed by atoms with van der Waals surface area (Å²) >= 11 is 0. The van der Waals surface area contributed by atoms with Crippen molar-refractivity contribution in [2.75, 3.05) is 45.9 Å². The Bertz CT molecular complexity index is 486. The number of nitrogens with zero attached hydrogens (tertiary/aromatic N) is 4. The van der Waals surface area contributed by atoms with Crippen LogP contribution in [0.1, 0.15) is 25.5 Å². The zero-order valence-electron chi connectivity index (χ0n) is 13.8. The highest BCUT2D eigenvalue weighted by molar-refractivity contribution is 5.67. The summed E-state index contributed by atoms with van der Waals surface area (Å²) in [6.45, 7) is 8.71. The summed E-state index contributed by atoms with van der Waals surface area (Å²) < 4.78 is 10.00. The first-order valence-corrected chi connectivity index (χ1v) is 8.53. The molecule has 7 heteroatoms. The van der Waals surface area contributed by atoms with E-state index in [1.54, 1.807) is 6.26 Å². The van der Waals surface area contributed by atoms with Crippen molar-refractivity contribution >= 4 is 6.09 Å². The zero-order chi connectivity index (χ0) is 16.1. The van der Waals surface area contributed by atoms with E-state index in [0.29, 0.717) is 12.6 Å². The maximum absolute atomic E-state index is 11.8. The van der Waals surface area contributed by atoms with E-state index in [9.17, 15) is 4.79 Å². The van der Waals surface area contributed by atoms with E-state index in [0.717, 1.165) is 51.5 Å². The fourth-order valence-corrected chi connectivity index (χ4v) is 3.51. The molecule has 3 heterocycles. The Labute approximate surface area is 137 Å². The Kier molecular flexibility index (Phi) is 5.51. The van der Waals surface area contributed by atoms with Gasteiger partial charge in [-0.25, -0.2) is 4.79 Å². The highest BCUT2D eigenvalue weighted by Crippen LogP contribution is 2.19. The second-order valence-electron chi connectivity index (χ2n) is 6.24. The van der Waals surface area contributed by atoms with Crippen LogP contribution in [-0.4, -0.2) is 77.9 Å². The molecule has 0 N–H and O–H groups in total. The fourth-order valence-electron chi connectivity index (χ4n) is 3.51. The van der Waals surface area contributed by atoms with Gasteiger partial charge in [0.1, 0.15) is 6.26 Å². The van der Waals surface area contributed by atoms with Crippen molar-refractivity contribution < 1.29 is 14.1 Å². The second kappa shape index (κ2) is 7.79. The van der Waals surface area contributed by atoms with Gasteiger partial charge < -0.3 is 14.2 Å². The summed E-state index contributed by atoms with van der Waals surface area (Å²) in [7, 11) is 0. The Hall–Kier alpha value is -1.60. The third-order valence-electron chi connectivity index (χ3n) is 4.71. The van der Waals surface area contributed by atoms with E-state index >= 15 is 0 Å². The molecule has 2 fully saturated rings. The largest absolute Gasteiger partial charge is 0.450 e. The lowest BCUT2D eigenvalue weighted by Crippen LogP contribution is -2.55. The summed E-state index contributed by atoms with van der Waals surface area (Å²) in [6.07, 6.45) is 3.89. The van der Waals surface area contributed by atoms with E-state index in [1.165, 1.54) is 12.8 Å². The maximum atomic E-state index is 11.8. The number of ether oxygens (including phenoxy) is 1. The number of piperazine rings is 1. The van der Waals surface area contributed by atoms with Crippen LogP contribution in [0.15, 0.2) is 16.9 Å². The smallest absolute Gasteiger partial charge is 0.409 e. The van der Waals surface area contributed by atoms with Crippen molar-refractivity contribution in [1.82, 2.24) is 19.9 Å². The van der Waals surface area contributed by atoms with Crippen LogP contribution in [0.2, 0.25) is 0 Å². The highest BCUT2D eigenvalue weighted by atomic mass is 16.6. The lowest BCUT2D eigenvalue weighted by atomic mass is 10.0. The van der Waals surface area contributed by atoms with Gasteiger partial charge in [-0.2, -0.15) is 0 Å². The molecule has 1 amide bonds. The molecule has 7 nitrogen and oxygen atoms in total. The van der Waals surface area contributed by atoms with Gasteiger partial charge in [0.05, 0.1) is 12.3 Å². The lowest BCUT2D eigenvalue weighted by Gasteiger charge is -2.43. The molecule has 1 aromatic heterocycles. The third kappa shape index (κ3) is 4.23. The number of hydrogen-bond acceptors (Lipinski definition) is 6. The van der Waals surface area contributed by atoms with Gasteiger partial charge in [-0.3, -0.25) is 9.80 Å². The number of piperidine rings is 1. The van der Waals surface area contributed by atoms with Crippen LogP contribution >= 0.6 is 0 Å². The van der Waals surface area contributed by atoms with Gasteiger partial charge in [0.25, 0.3) is 0 Å². The number of aromatic nitrogens is 1. The number of hydrogen-bond donors (Lipinski definition) is 0. The normalized spacial score (nSPS) is 23.9. The molecule has 0 aliphatic carbocycles. The topological polar surface area (TPSA) is 62.1 Å². The van der Waals surface area contributed by atoms with Crippen molar-refractivity contribution in [1.29, 1.82) is 0 Å². The van der Waals surface area contributed by atoms with Gasteiger partial charge in [0, 0.05) is 51.4 Å². The number of carbonyl (C=O) groups excluding carboxylic acids is 1. The van der Waals surface area contributed by atoms with E-state index in [1.807, 2.05) is 17.9 Å². The van der Waals surface area contributed by atoms with Crippen LogP contribution in [0, 0.1) is 0 Å². The molecule has 1 aromatic rings. The third-order valence-corrected chi connectivity index (χ3v) is 4.71. The molecule has 0 radical (unpaired) electrons. The van der Waals surface area contributed by atoms with E-state index < -0.39 is 0 Å². The van der Waals surface area contributed by atoms with Gasteiger partial charge in [-0.15, -0.1) is 0 Å². The lowest BCUT2D eigenvalue weighted by molar-refractivity contribution is 0.0408. The Balaban J connectivity index is 1.47. The Morgan fingerprint density at radius 1 is 1.35 bits per heavy atom. The van der Waals surface area contributed by atoms with Gasteiger partial charge in [0.2, 0.25) is 0 Å². The minimum Gasteiger partial charge on any atom is -0.450 e. The molecule has 3 rings (SSSR count). The summed E-state index contributed by atoms with van der Waals surface area (Å²) in [4.78, 5) is 18.6. The van der Waals surface area contributed by atoms with Crippen LogP contribution in [0.4, 0.5) is 4.79 Å². The molecule has 0 unspecified atom stereocenters. The molecule has 0 aromatic carbocycles. The SMILES string of the molecule is CCOC(=O)N1CCN([C@H]2CCCN(Cc3ccon3)C2)CC1. The second-order valence-corrected chi connectivity index (χ2v) is 6.24. The van der Waals surface area contributed by atoms with E-state index in [4.69, 9.17) is 9.26 Å². The molecule has 2 aliphatic heterocycles. The Morgan fingerprint density at radius 3 is 2.87 bits per heavy atom. The number of rotatable bonds is 4. The average Bonchev–Trinajstić information content (AvgIpc) is 3.08. The van der Waals surface area contributed by atoms with E-state index in [2.05, 4.69) is 15.0 Å². The molecule has 23 heavy (non-hydrogen) atoms. The molecule has 1 atom stereocenters. The number of amides is 1. The monoisotopic (exact) mass is 322 g/mol. The van der Waals surface area contributed by atoms with E-state index in [-0.39, 0.29) is 6.09 Å². The minimum atomic E-state index is -0.177. The van der Waals surface area contributed by atoms with Crippen LogP contribution in [-0.2, 0) is 11.3 Å².